The monoisotopic (exact) mass is 240 g/mol. The van der Waals surface area contributed by atoms with E-state index in [1.165, 1.54) is 23.3 Å². The van der Waals surface area contributed by atoms with Crippen molar-refractivity contribution in [3.05, 3.63) is 21.9 Å². The molecular weight excluding hydrogens is 216 g/mol. The van der Waals surface area contributed by atoms with Gasteiger partial charge in [0.1, 0.15) is 0 Å². The van der Waals surface area contributed by atoms with Crippen LogP contribution in [0.3, 0.4) is 0 Å². The first-order valence-corrected chi connectivity index (χ1v) is 7.13. The van der Waals surface area contributed by atoms with E-state index in [0.717, 1.165) is 18.8 Å². The van der Waals surface area contributed by atoms with Crippen LogP contribution in [-0.4, -0.2) is 0 Å². The highest BCUT2D eigenvalue weighted by atomic mass is 32.1. The molecule has 2 nitrogen and oxygen atoms in total. The van der Waals surface area contributed by atoms with Gasteiger partial charge in [-0.1, -0.05) is 33.6 Å². The maximum Gasteiger partial charge on any atom is 0.0558 e. The van der Waals surface area contributed by atoms with Crippen molar-refractivity contribution in [2.75, 3.05) is 0 Å². The van der Waals surface area contributed by atoms with Crippen LogP contribution in [-0.2, 0) is 6.42 Å². The van der Waals surface area contributed by atoms with E-state index >= 15 is 0 Å². The fourth-order valence-electron chi connectivity index (χ4n) is 2.21. The number of hydrogen-bond donors (Lipinski definition) is 2. The van der Waals surface area contributed by atoms with Crippen molar-refractivity contribution >= 4 is 11.3 Å². The lowest BCUT2D eigenvalue weighted by Crippen LogP contribution is -2.29. The van der Waals surface area contributed by atoms with Crippen LogP contribution < -0.4 is 11.3 Å². The minimum absolute atomic E-state index is 0.330. The zero-order valence-corrected chi connectivity index (χ0v) is 11.4. The molecule has 0 radical (unpaired) electrons. The molecule has 0 saturated heterocycles. The second kappa shape index (κ2) is 7.05. The average molecular weight is 240 g/mol. The smallest absolute Gasteiger partial charge is 0.0558 e. The zero-order valence-electron chi connectivity index (χ0n) is 10.6. The maximum absolute atomic E-state index is 5.69. The fourth-order valence-corrected chi connectivity index (χ4v) is 3.28. The van der Waals surface area contributed by atoms with Crippen LogP contribution in [0, 0.1) is 5.92 Å². The summed E-state index contributed by atoms with van der Waals surface area (Å²) in [5.74, 6) is 6.42. The molecule has 0 amide bonds. The quantitative estimate of drug-likeness (QED) is 0.564. The Kier molecular flexibility index (Phi) is 6.03. The van der Waals surface area contributed by atoms with Crippen LogP contribution in [0.15, 0.2) is 11.4 Å². The summed E-state index contributed by atoms with van der Waals surface area (Å²) >= 11 is 1.82. The Morgan fingerprint density at radius 1 is 1.44 bits per heavy atom. The van der Waals surface area contributed by atoms with Gasteiger partial charge < -0.3 is 0 Å². The largest absolute Gasteiger partial charge is 0.271 e. The van der Waals surface area contributed by atoms with E-state index in [4.69, 9.17) is 5.84 Å². The minimum Gasteiger partial charge on any atom is -0.271 e. The Hall–Kier alpha value is -0.380. The fraction of sp³-hybridized carbons (Fsp3) is 0.692. The van der Waals surface area contributed by atoms with Crippen LogP contribution in [0.5, 0.6) is 0 Å². The minimum atomic E-state index is 0.330. The molecule has 0 fully saturated rings. The first-order chi connectivity index (χ1) is 7.72. The van der Waals surface area contributed by atoms with Gasteiger partial charge in [-0.05, 0) is 35.8 Å². The van der Waals surface area contributed by atoms with Crippen LogP contribution in [0.2, 0.25) is 0 Å². The molecule has 2 atom stereocenters. The predicted molar refractivity (Wildman–Crippen MR) is 72.5 cm³/mol. The van der Waals surface area contributed by atoms with Gasteiger partial charge in [0.05, 0.1) is 6.04 Å². The molecule has 1 aromatic heterocycles. The Morgan fingerprint density at radius 2 is 2.19 bits per heavy atom. The van der Waals surface area contributed by atoms with E-state index in [0.29, 0.717) is 6.04 Å². The number of thiophene rings is 1. The van der Waals surface area contributed by atoms with Gasteiger partial charge >= 0.3 is 0 Å². The van der Waals surface area contributed by atoms with Crippen LogP contribution in [0.4, 0.5) is 0 Å². The lowest BCUT2D eigenvalue weighted by Gasteiger charge is -2.20. The van der Waals surface area contributed by atoms with Gasteiger partial charge in [-0.2, -0.15) is 0 Å². The van der Waals surface area contributed by atoms with E-state index in [9.17, 15) is 0 Å². The summed E-state index contributed by atoms with van der Waals surface area (Å²) in [5.41, 5.74) is 4.42. The van der Waals surface area contributed by atoms with Crippen molar-refractivity contribution < 1.29 is 0 Å². The molecule has 3 N–H and O–H groups in total. The normalized spacial score (nSPS) is 15.0. The molecule has 2 unspecified atom stereocenters. The standard InChI is InChI=1S/C13H24N2S/c1-4-6-10(3)9-12(15-14)13-11(5-2)7-8-16-13/h7-8,10,12,15H,4-6,9,14H2,1-3H3. The molecule has 1 heterocycles. The molecule has 3 heteroatoms. The summed E-state index contributed by atoms with van der Waals surface area (Å²) in [6, 6.07) is 2.55. The van der Waals surface area contributed by atoms with Gasteiger partial charge in [0.15, 0.2) is 0 Å². The van der Waals surface area contributed by atoms with Crippen LogP contribution >= 0.6 is 11.3 Å². The van der Waals surface area contributed by atoms with E-state index in [2.05, 4.69) is 37.6 Å². The number of rotatable bonds is 7. The predicted octanol–water partition coefficient (Wildman–Crippen LogP) is 3.64. The summed E-state index contributed by atoms with van der Waals surface area (Å²) in [6.45, 7) is 6.76. The van der Waals surface area contributed by atoms with E-state index in [-0.39, 0.29) is 0 Å². The average Bonchev–Trinajstić information content (AvgIpc) is 2.74. The van der Waals surface area contributed by atoms with Crippen molar-refractivity contribution in [3.8, 4) is 0 Å². The lowest BCUT2D eigenvalue weighted by atomic mass is 9.95. The second-order valence-corrected chi connectivity index (χ2v) is 5.46. The van der Waals surface area contributed by atoms with Gasteiger partial charge in [-0.15, -0.1) is 11.3 Å². The number of hydrogen-bond acceptors (Lipinski definition) is 3. The zero-order chi connectivity index (χ0) is 12.0. The molecule has 0 aliphatic rings. The molecule has 0 aliphatic carbocycles. The molecule has 0 saturated carbocycles. The summed E-state index contributed by atoms with van der Waals surface area (Å²) in [7, 11) is 0. The van der Waals surface area contributed by atoms with Crippen molar-refractivity contribution in [3.63, 3.8) is 0 Å². The van der Waals surface area contributed by atoms with E-state index in [1.54, 1.807) is 0 Å². The third-order valence-electron chi connectivity index (χ3n) is 3.10. The number of nitrogens with two attached hydrogens (primary N) is 1. The maximum atomic E-state index is 5.69. The van der Waals surface area contributed by atoms with Gasteiger partial charge in [0.25, 0.3) is 0 Å². The molecular formula is C13H24N2S. The highest BCUT2D eigenvalue weighted by Crippen LogP contribution is 2.30. The highest BCUT2D eigenvalue weighted by Gasteiger charge is 2.17. The van der Waals surface area contributed by atoms with Gasteiger partial charge in [0.2, 0.25) is 0 Å². The van der Waals surface area contributed by atoms with Gasteiger partial charge in [-0.25, -0.2) is 0 Å². The number of nitrogens with one attached hydrogen (secondary N) is 1. The van der Waals surface area contributed by atoms with Crippen molar-refractivity contribution in [1.82, 2.24) is 5.43 Å². The van der Waals surface area contributed by atoms with Gasteiger partial charge in [-0.3, -0.25) is 11.3 Å². The van der Waals surface area contributed by atoms with Gasteiger partial charge in [0, 0.05) is 4.88 Å². The van der Waals surface area contributed by atoms with Crippen LogP contribution in [0.25, 0.3) is 0 Å². The Morgan fingerprint density at radius 3 is 2.75 bits per heavy atom. The van der Waals surface area contributed by atoms with Crippen LogP contribution in [0.1, 0.15) is 56.5 Å². The molecule has 1 aromatic rings. The third kappa shape index (κ3) is 3.58. The number of hydrazine groups is 1. The second-order valence-electron chi connectivity index (χ2n) is 4.51. The summed E-state index contributed by atoms with van der Waals surface area (Å²) in [4.78, 5) is 1.42. The number of aryl methyl sites for hydroxylation is 1. The first-order valence-electron chi connectivity index (χ1n) is 6.25. The van der Waals surface area contributed by atoms with Crippen molar-refractivity contribution in [2.24, 2.45) is 11.8 Å². The van der Waals surface area contributed by atoms with Crippen molar-refractivity contribution in [2.45, 2.75) is 52.5 Å². The SMILES string of the molecule is CCCC(C)CC(NN)c1sccc1CC. The molecule has 92 valence electrons. The topological polar surface area (TPSA) is 38.0 Å². The Labute approximate surface area is 103 Å². The van der Waals surface area contributed by atoms with E-state index in [1.807, 2.05) is 11.3 Å². The molecule has 0 bridgehead atoms. The molecule has 1 rings (SSSR count). The first kappa shape index (κ1) is 13.7. The Balaban J connectivity index is 2.66. The van der Waals surface area contributed by atoms with E-state index < -0.39 is 0 Å². The molecule has 0 aromatic carbocycles. The molecule has 0 spiro atoms. The van der Waals surface area contributed by atoms with Crippen molar-refractivity contribution in [1.29, 1.82) is 0 Å². The molecule has 16 heavy (non-hydrogen) atoms. The summed E-state index contributed by atoms with van der Waals surface area (Å²) < 4.78 is 0. The Bertz CT molecular complexity index is 296. The summed E-state index contributed by atoms with van der Waals surface area (Å²) in [6.07, 6.45) is 4.77. The highest BCUT2D eigenvalue weighted by molar-refractivity contribution is 7.10. The third-order valence-corrected chi connectivity index (χ3v) is 4.17. The molecule has 0 aliphatic heterocycles. The lowest BCUT2D eigenvalue weighted by molar-refractivity contribution is 0.397. The summed E-state index contributed by atoms with van der Waals surface area (Å²) in [5, 5.41) is 2.17.